The molecule has 6 nitrogen and oxygen atoms in total. The summed E-state index contributed by atoms with van der Waals surface area (Å²) in [6.07, 6.45) is 1.50. The highest BCUT2D eigenvalue weighted by Gasteiger charge is 2.26. The third kappa shape index (κ3) is 3.92. The fourth-order valence-corrected chi connectivity index (χ4v) is 3.26. The summed E-state index contributed by atoms with van der Waals surface area (Å²) in [6, 6.07) is 9.80. The Labute approximate surface area is 153 Å². The van der Waals surface area contributed by atoms with Crippen LogP contribution in [0.2, 0.25) is 0 Å². The van der Waals surface area contributed by atoms with E-state index in [2.05, 4.69) is 5.32 Å². The lowest BCUT2D eigenvalue weighted by Crippen LogP contribution is -2.15. The van der Waals surface area contributed by atoms with Gasteiger partial charge in [-0.05, 0) is 36.4 Å². The number of alkyl halides is 2. The zero-order valence-electron chi connectivity index (χ0n) is 14.1. The largest absolute Gasteiger partial charge is 0.497 e. The molecule has 1 heterocycles. The Bertz CT molecular complexity index is 1070. The minimum absolute atomic E-state index is 0.0242. The molecule has 1 amide bonds. The van der Waals surface area contributed by atoms with E-state index in [0.717, 1.165) is 17.5 Å². The van der Waals surface area contributed by atoms with Crippen LogP contribution >= 0.6 is 0 Å². The minimum atomic E-state index is -4.66. The molecular weight excluding hydrogens is 380 g/mol. The number of benzene rings is 2. The van der Waals surface area contributed by atoms with Gasteiger partial charge in [-0.25, -0.2) is 8.42 Å². The fraction of sp³-hybridized carbons (Fsp3) is 0.167. The second kappa shape index (κ2) is 7.36. The molecule has 0 unspecified atom stereocenters. The zero-order valence-corrected chi connectivity index (χ0v) is 14.9. The summed E-state index contributed by atoms with van der Waals surface area (Å²) in [5, 5.41) is 3.36. The second-order valence-corrected chi connectivity index (χ2v) is 7.60. The van der Waals surface area contributed by atoms with E-state index in [1.807, 2.05) is 0 Å². The number of carbonyl (C=O) groups excluding carboxylic acids is 1. The Balaban J connectivity index is 1.71. The summed E-state index contributed by atoms with van der Waals surface area (Å²) in [5.74, 6) is -3.23. The number of amides is 1. The number of nitrogens with one attached hydrogen (secondary N) is 1. The number of hydrogen-bond donors (Lipinski definition) is 1. The van der Waals surface area contributed by atoms with Crippen LogP contribution in [-0.4, -0.2) is 27.2 Å². The van der Waals surface area contributed by atoms with Crippen molar-refractivity contribution in [2.75, 3.05) is 12.4 Å². The standard InChI is InChI=1S/C18H15F2NO5S/c1-25-13-4-7-15-11(10-26-16(15)9-13)8-17(22)21-12-2-5-14(6-3-12)27(23,24)18(19)20/h2-7,9-10,18H,8H2,1H3,(H,21,22). The summed E-state index contributed by atoms with van der Waals surface area (Å²) in [5.41, 5.74) is 1.54. The van der Waals surface area contributed by atoms with Crippen molar-refractivity contribution in [2.24, 2.45) is 0 Å². The summed E-state index contributed by atoms with van der Waals surface area (Å²) < 4.78 is 58.4. The number of anilines is 1. The smallest absolute Gasteiger partial charge is 0.341 e. The first-order chi connectivity index (χ1) is 12.8. The van der Waals surface area contributed by atoms with E-state index < -0.39 is 20.5 Å². The van der Waals surface area contributed by atoms with Gasteiger partial charge in [0.05, 0.1) is 24.7 Å². The molecule has 3 rings (SSSR count). The predicted octanol–water partition coefficient (Wildman–Crippen LogP) is 3.62. The number of sulfone groups is 1. The van der Waals surface area contributed by atoms with Gasteiger partial charge in [0.25, 0.3) is 0 Å². The molecule has 1 N–H and O–H groups in total. The van der Waals surface area contributed by atoms with E-state index in [1.165, 1.54) is 25.5 Å². The van der Waals surface area contributed by atoms with Gasteiger partial charge in [0.15, 0.2) is 0 Å². The number of carbonyl (C=O) groups is 1. The first-order valence-corrected chi connectivity index (χ1v) is 9.32. The van der Waals surface area contributed by atoms with Crippen molar-refractivity contribution in [1.82, 2.24) is 0 Å². The molecule has 0 atom stereocenters. The Morgan fingerprint density at radius 2 is 1.89 bits per heavy atom. The summed E-state index contributed by atoms with van der Waals surface area (Å²) in [4.78, 5) is 11.7. The number of rotatable bonds is 6. The molecule has 0 saturated heterocycles. The topological polar surface area (TPSA) is 85.6 Å². The van der Waals surface area contributed by atoms with Crippen LogP contribution in [0, 0.1) is 0 Å². The first-order valence-electron chi connectivity index (χ1n) is 7.77. The van der Waals surface area contributed by atoms with Gasteiger partial charge in [-0.2, -0.15) is 8.78 Å². The second-order valence-electron chi connectivity index (χ2n) is 5.68. The molecule has 1 aromatic heterocycles. The molecule has 9 heteroatoms. The number of methoxy groups -OCH3 is 1. The Hall–Kier alpha value is -2.94. The lowest BCUT2D eigenvalue weighted by molar-refractivity contribution is -0.115. The molecule has 27 heavy (non-hydrogen) atoms. The van der Waals surface area contributed by atoms with E-state index in [9.17, 15) is 22.0 Å². The van der Waals surface area contributed by atoms with Gasteiger partial charge in [-0.3, -0.25) is 4.79 Å². The van der Waals surface area contributed by atoms with Gasteiger partial charge in [0.2, 0.25) is 15.7 Å². The lowest BCUT2D eigenvalue weighted by Gasteiger charge is -2.07. The first kappa shape index (κ1) is 18.8. The van der Waals surface area contributed by atoms with E-state index in [1.54, 1.807) is 18.2 Å². The van der Waals surface area contributed by atoms with Crippen LogP contribution in [0.4, 0.5) is 14.5 Å². The van der Waals surface area contributed by atoms with Crippen LogP contribution < -0.4 is 10.1 Å². The summed E-state index contributed by atoms with van der Waals surface area (Å²) >= 11 is 0. The van der Waals surface area contributed by atoms with E-state index in [0.29, 0.717) is 22.6 Å². The Kier molecular flexibility index (Phi) is 5.13. The molecule has 0 fully saturated rings. The SMILES string of the molecule is COc1ccc2c(CC(=O)Nc3ccc(S(=O)(=O)C(F)F)cc3)coc2c1. The maximum Gasteiger partial charge on any atom is 0.341 e. The monoisotopic (exact) mass is 395 g/mol. The zero-order chi connectivity index (χ0) is 19.6. The van der Waals surface area contributed by atoms with Crippen molar-refractivity contribution in [3.63, 3.8) is 0 Å². The maximum atomic E-state index is 12.5. The van der Waals surface area contributed by atoms with Crippen LogP contribution in [0.5, 0.6) is 5.75 Å². The molecule has 0 saturated carbocycles. The summed E-state index contributed by atoms with van der Waals surface area (Å²) in [7, 11) is -3.12. The molecule has 0 aliphatic rings. The highest BCUT2D eigenvalue weighted by molar-refractivity contribution is 7.91. The van der Waals surface area contributed by atoms with Gasteiger partial charge in [-0.1, -0.05) is 0 Å². The normalized spacial score (nSPS) is 11.7. The number of fused-ring (bicyclic) bond motifs is 1. The Morgan fingerprint density at radius 1 is 1.19 bits per heavy atom. The highest BCUT2D eigenvalue weighted by atomic mass is 32.2. The quantitative estimate of drug-likeness (QED) is 0.689. The molecule has 0 spiro atoms. The van der Waals surface area contributed by atoms with Gasteiger partial charge in [0, 0.05) is 22.7 Å². The third-order valence-corrected chi connectivity index (χ3v) is 5.31. The maximum absolute atomic E-state index is 12.5. The molecule has 0 aliphatic carbocycles. The summed E-state index contributed by atoms with van der Waals surface area (Å²) in [6.45, 7) is 0. The van der Waals surface area contributed by atoms with Crippen LogP contribution in [0.3, 0.4) is 0 Å². The van der Waals surface area contributed by atoms with Crippen molar-refractivity contribution < 1.29 is 31.1 Å². The molecule has 2 aromatic carbocycles. The average Bonchev–Trinajstić information content (AvgIpc) is 3.03. The predicted molar refractivity (Wildman–Crippen MR) is 94.7 cm³/mol. The van der Waals surface area contributed by atoms with Gasteiger partial charge in [-0.15, -0.1) is 0 Å². The van der Waals surface area contributed by atoms with Gasteiger partial charge >= 0.3 is 5.76 Å². The van der Waals surface area contributed by atoms with E-state index in [-0.39, 0.29) is 12.3 Å². The fourth-order valence-electron chi connectivity index (χ4n) is 2.54. The van der Waals surface area contributed by atoms with Crippen LogP contribution in [0.1, 0.15) is 5.56 Å². The Morgan fingerprint density at radius 3 is 2.52 bits per heavy atom. The third-order valence-electron chi connectivity index (χ3n) is 3.92. The molecule has 0 aliphatic heterocycles. The van der Waals surface area contributed by atoms with Crippen molar-refractivity contribution in [2.45, 2.75) is 17.1 Å². The average molecular weight is 395 g/mol. The van der Waals surface area contributed by atoms with Crippen LogP contribution in [0.15, 0.2) is 58.0 Å². The number of ether oxygens (including phenoxy) is 1. The molecule has 142 valence electrons. The highest BCUT2D eigenvalue weighted by Crippen LogP contribution is 2.26. The van der Waals surface area contributed by atoms with Crippen molar-refractivity contribution in [1.29, 1.82) is 0 Å². The van der Waals surface area contributed by atoms with Gasteiger partial charge in [0.1, 0.15) is 11.3 Å². The van der Waals surface area contributed by atoms with Gasteiger partial charge < -0.3 is 14.5 Å². The van der Waals surface area contributed by atoms with E-state index >= 15 is 0 Å². The number of furan rings is 1. The van der Waals surface area contributed by atoms with Crippen molar-refractivity contribution in [3.05, 3.63) is 54.3 Å². The molecule has 0 radical (unpaired) electrons. The van der Waals surface area contributed by atoms with Crippen LogP contribution in [0.25, 0.3) is 11.0 Å². The van der Waals surface area contributed by atoms with Crippen LogP contribution in [-0.2, 0) is 21.1 Å². The molecule has 3 aromatic rings. The molecular formula is C18H15F2NO5S. The van der Waals surface area contributed by atoms with E-state index in [4.69, 9.17) is 9.15 Å². The van der Waals surface area contributed by atoms with Crippen molar-refractivity contribution >= 4 is 32.4 Å². The molecule has 0 bridgehead atoms. The minimum Gasteiger partial charge on any atom is -0.497 e. The number of hydrogen-bond acceptors (Lipinski definition) is 5. The van der Waals surface area contributed by atoms with Crippen molar-refractivity contribution in [3.8, 4) is 5.75 Å². The lowest BCUT2D eigenvalue weighted by atomic mass is 10.1. The number of halogens is 2.